The number of aryl methyl sites for hydroxylation is 2. The zero-order valence-corrected chi connectivity index (χ0v) is 13.0. The highest BCUT2D eigenvalue weighted by Gasteiger charge is 2.10. The molecule has 0 aliphatic carbocycles. The van der Waals surface area contributed by atoms with Crippen LogP contribution in [0.3, 0.4) is 0 Å². The van der Waals surface area contributed by atoms with Gasteiger partial charge in [0.15, 0.2) is 5.13 Å². The van der Waals surface area contributed by atoms with Gasteiger partial charge in [-0.2, -0.15) is 5.10 Å². The van der Waals surface area contributed by atoms with Crippen LogP contribution in [0.4, 0.5) is 15.2 Å². The zero-order valence-electron chi connectivity index (χ0n) is 11.4. The quantitative estimate of drug-likeness (QED) is 0.777. The van der Waals surface area contributed by atoms with E-state index in [4.69, 9.17) is 11.6 Å². The predicted molar refractivity (Wildman–Crippen MR) is 83.7 cm³/mol. The van der Waals surface area contributed by atoms with Crippen LogP contribution in [0.2, 0.25) is 5.02 Å². The van der Waals surface area contributed by atoms with Crippen LogP contribution in [0.25, 0.3) is 11.3 Å². The van der Waals surface area contributed by atoms with Crippen LogP contribution in [0.15, 0.2) is 29.8 Å². The van der Waals surface area contributed by atoms with E-state index in [0.29, 0.717) is 5.69 Å². The Bertz CT molecular complexity index is 796. The lowest BCUT2D eigenvalue weighted by molar-refractivity contribution is 0.628. The summed E-state index contributed by atoms with van der Waals surface area (Å²) >= 11 is 7.23. The van der Waals surface area contributed by atoms with Gasteiger partial charge in [0.25, 0.3) is 0 Å². The first-order valence-corrected chi connectivity index (χ1v) is 7.47. The number of nitrogens with one attached hydrogen (secondary N) is 1. The molecule has 3 rings (SSSR count). The summed E-state index contributed by atoms with van der Waals surface area (Å²) in [5, 5.41) is 10.2. The predicted octanol–water partition coefficient (Wildman–Crippen LogP) is 4.39. The second-order valence-corrected chi connectivity index (χ2v) is 5.86. The molecular weight excluding hydrogens is 311 g/mol. The fraction of sp³-hybridized carbons (Fsp3) is 0.143. The number of rotatable bonds is 3. The van der Waals surface area contributed by atoms with Gasteiger partial charge >= 0.3 is 0 Å². The standard InChI is InChI=1S/C14H12ClFN4S/c1-8-10(6-20(2)19-8)13-7-21-14(18-13)17-9-3-4-12(16)11(15)5-9/h3-7H,1-2H3,(H,17,18). The molecule has 21 heavy (non-hydrogen) atoms. The van der Waals surface area contributed by atoms with Crippen molar-refractivity contribution in [2.75, 3.05) is 5.32 Å². The first-order valence-electron chi connectivity index (χ1n) is 6.21. The van der Waals surface area contributed by atoms with E-state index in [0.717, 1.165) is 22.1 Å². The molecule has 0 amide bonds. The molecule has 0 saturated heterocycles. The minimum atomic E-state index is -0.437. The van der Waals surface area contributed by atoms with E-state index in [1.165, 1.54) is 23.5 Å². The summed E-state index contributed by atoms with van der Waals surface area (Å²) in [7, 11) is 1.88. The summed E-state index contributed by atoms with van der Waals surface area (Å²) in [6.45, 7) is 1.95. The van der Waals surface area contributed by atoms with Crippen molar-refractivity contribution in [2.24, 2.45) is 7.05 Å². The van der Waals surface area contributed by atoms with Crippen LogP contribution in [-0.4, -0.2) is 14.8 Å². The number of hydrogen-bond acceptors (Lipinski definition) is 4. The van der Waals surface area contributed by atoms with Crippen LogP contribution in [0, 0.1) is 12.7 Å². The number of anilines is 2. The van der Waals surface area contributed by atoms with Crippen LogP contribution in [-0.2, 0) is 7.05 Å². The van der Waals surface area contributed by atoms with Crippen molar-refractivity contribution in [3.8, 4) is 11.3 Å². The topological polar surface area (TPSA) is 42.7 Å². The average Bonchev–Trinajstić information content (AvgIpc) is 3.00. The summed E-state index contributed by atoms with van der Waals surface area (Å²) in [5.41, 5.74) is 3.49. The van der Waals surface area contributed by atoms with E-state index in [1.807, 2.05) is 25.5 Å². The van der Waals surface area contributed by atoms with Gasteiger partial charge < -0.3 is 5.32 Å². The van der Waals surface area contributed by atoms with Crippen molar-refractivity contribution in [3.63, 3.8) is 0 Å². The molecule has 0 aliphatic rings. The van der Waals surface area contributed by atoms with Crippen molar-refractivity contribution in [1.82, 2.24) is 14.8 Å². The van der Waals surface area contributed by atoms with Gasteiger partial charge in [-0.15, -0.1) is 11.3 Å². The van der Waals surface area contributed by atoms with Crippen molar-refractivity contribution < 1.29 is 4.39 Å². The lowest BCUT2D eigenvalue weighted by atomic mass is 10.2. The fourth-order valence-corrected chi connectivity index (χ4v) is 2.91. The maximum atomic E-state index is 13.1. The molecule has 0 fully saturated rings. The lowest BCUT2D eigenvalue weighted by Gasteiger charge is -2.03. The Kier molecular flexibility index (Phi) is 3.65. The Labute approximate surface area is 130 Å². The Hall–Kier alpha value is -1.92. The normalized spacial score (nSPS) is 10.9. The van der Waals surface area contributed by atoms with Gasteiger partial charge in [-0.3, -0.25) is 4.68 Å². The Morgan fingerprint density at radius 3 is 2.86 bits per heavy atom. The van der Waals surface area contributed by atoms with E-state index in [2.05, 4.69) is 15.4 Å². The highest BCUT2D eigenvalue weighted by molar-refractivity contribution is 7.14. The van der Waals surface area contributed by atoms with Gasteiger partial charge in [-0.05, 0) is 25.1 Å². The molecule has 1 aromatic carbocycles. The minimum absolute atomic E-state index is 0.0832. The van der Waals surface area contributed by atoms with Crippen LogP contribution in [0.5, 0.6) is 0 Å². The Balaban J connectivity index is 1.85. The van der Waals surface area contributed by atoms with E-state index in [1.54, 1.807) is 10.7 Å². The van der Waals surface area contributed by atoms with Gasteiger partial charge in [0.1, 0.15) is 5.82 Å². The molecule has 1 N–H and O–H groups in total. The first kappa shape index (κ1) is 14.0. The lowest BCUT2D eigenvalue weighted by Crippen LogP contribution is -1.90. The number of nitrogens with zero attached hydrogens (tertiary/aromatic N) is 3. The molecule has 0 saturated carbocycles. The van der Waals surface area contributed by atoms with Gasteiger partial charge in [-0.25, -0.2) is 9.37 Å². The largest absolute Gasteiger partial charge is 0.331 e. The molecule has 0 radical (unpaired) electrons. The van der Waals surface area contributed by atoms with Crippen molar-refractivity contribution >= 4 is 33.8 Å². The second-order valence-electron chi connectivity index (χ2n) is 4.59. The van der Waals surface area contributed by atoms with Crippen LogP contribution < -0.4 is 5.32 Å². The number of aromatic nitrogens is 3. The van der Waals surface area contributed by atoms with Gasteiger partial charge in [-0.1, -0.05) is 11.6 Å². The summed E-state index contributed by atoms with van der Waals surface area (Å²) in [4.78, 5) is 4.52. The molecule has 0 unspecified atom stereocenters. The SMILES string of the molecule is Cc1nn(C)cc1-c1csc(Nc2ccc(F)c(Cl)c2)n1. The molecule has 4 nitrogen and oxygen atoms in total. The molecule has 2 heterocycles. The molecule has 0 spiro atoms. The molecule has 0 aliphatic heterocycles. The molecule has 7 heteroatoms. The number of thiazole rings is 1. The van der Waals surface area contributed by atoms with Crippen LogP contribution in [0.1, 0.15) is 5.69 Å². The molecule has 2 aromatic heterocycles. The molecule has 0 bridgehead atoms. The minimum Gasteiger partial charge on any atom is -0.331 e. The Morgan fingerprint density at radius 2 is 2.19 bits per heavy atom. The summed E-state index contributed by atoms with van der Waals surface area (Å²) < 4.78 is 14.9. The number of halogens is 2. The smallest absolute Gasteiger partial charge is 0.187 e. The number of benzene rings is 1. The van der Waals surface area contributed by atoms with Gasteiger partial charge in [0.2, 0.25) is 0 Å². The average molecular weight is 323 g/mol. The van der Waals surface area contributed by atoms with E-state index < -0.39 is 5.82 Å². The third-order valence-corrected chi connectivity index (χ3v) is 4.01. The molecular formula is C14H12ClFN4S. The van der Waals surface area contributed by atoms with Gasteiger partial charge in [0, 0.05) is 29.9 Å². The van der Waals surface area contributed by atoms with Crippen molar-refractivity contribution in [1.29, 1.82) is 0 Å². The first-order chi connectivity index (χ1) is 10.0. The van der Waals surface area contributed by atoms with Gasteiger partial charge in [0.05, 0.1) is 16.4 Å². The maximum absolute atomic E-state index is 13.1. The summed E-state index contributed by atoms with van der Waals surface area (Å²) in [6, 6.07) is 4.48. The van der Waals surface area contributed by atoms with Crippen molar-refractivity contribution in [3.05, 3.63) is 46.3 Å². The van der Waals surface area contributed by atoms with Crippen LogP contribution >= 0.6 is 22.9 Å². The summed E-state index contributed by atoms with van der Waals surface area (Å²) in [6.07, 6.45) is 1.93. The third kappa shape index (κ3) is 2.91. The molecule has 3 aromatic rings. The monoisotopic (exact) mass is 322 g/mol. The van der Waals surface area contributed by atoms with E-state index in [9.17, 15) is 4.39 Å². The third-order valence-electron chi connectivity index (χ3n) is 2.96. The molecule has 108 valence electrons. The highest BCUT2D eigenvalue weighted by atomic mass is 35.5. The second kappa shape index (κ2) is 5.46. The fourth-order valence-electron chi connectivity index (χ4n) is 2.00. The number of hydrogen-bond donors (Lipinski definition) is 1. The summed E-state index contributed by atoms with van der Waals surface area (Å²) in [5.74, 6) is -0.437. The van der Waals surface area contributed by atoms with E-state index >= 15 is 0 Å². The zero-order chi connectivity index (χ0) is 15.0. The molecule has 0 atom stereocenters. The highest BCUT2D eigenvalue weighted by Crippen LogP contribution is 2.29. The Morgan fingerprint density at radius 1 is 1.38 bits per heavy atom. The maximum Gasteiger partial charge on any atom is 0.187 e. The van der Waals surface area contributed by atoms with Crippen molar-refractivity contribution in [2.45, 2.75) is 6.92 Å². The van der Waals surface area contributed by atoms with E-state index in [-0.39, 0.29) is 5.02 Å².